The highest BCUT2D eigenvalue weighted by Gasteiger charge is 2.13. The van der Waals surface area contributed by atoms with Gasteiger partial charge in [-0.25, -0.2) is 4.79 Å². The van der Waals surface area contributed by atoms with E-state index < -0.39 is 11.5 Å². The van der Waals surface area contributed by atoms with Crippen molar-refractivity contribution in [3.05, 3.63) is 92.1 Å². The zero-order valence-corrected chi connectivity index (χ0v) is 14.5. The highest BCUT2D eigenvalue weighted by atomic mass is 16.4. The average Bonchev–Trinajstić information content (AvgIpc) is 2.66. The molecule has 1 amide bonds. The molecule has 4 aromatic rings. The molecule has 0 unspecified atom stereocenters. The van der Waals surface area contributed by atoms with E-state index in [1.807, 2.05) is 18.2 Å². The van der Waals surface area contributed by atoms with Crippen molar-refractivity contribution in [2.75, 3.05) is 0 Å². The van der Waals surface area contributed by atoms with E-state index in [1.54, 1.807) is 37.3 Å². The van der Waals surface area contributed by atoms with E-state index in [9.17, 15) is 14.4 Å². The smallest absolute Gasteiger partial charge is 0.349 e. The number of H-pyrrole nitrogens is 1. The fourth-order valence-electron chi connectivity index (χ4n) is 2.97. The highest BCUT2D eigenvalue weighted by molar-refractivity contribution is 5.96. The monoisotopic (exact) mass is 360 g/mol. The fourth-order valence-corrected chi connectivity index (χ4v) is 2.97. The Bertz CT molecular complexity index is 1300. The molecule has 0 atom stereocenters. The number of hydrogen-bond donors (Lipinski definition) is 2. The number of pyridine rings is 1. The molecule has 6 heteroatoms. The first-order valence-corrected chi connectivity index (χ1v) is 8.45. The molecule has 2 aromatic carbocycles. The van der Waals surface area contributed by atoms with Crippen molar-refractivity contribution in [3.8, 4) is 0 Å². The number of aryl methyl sites for hydroxylation is 1. The summed E-state index contributed by atoms with van der Waals surface area (Å²) in [5.74, 6) is -0.493. The largest absolute Gasteiger partial charge is 0.422 e. The van der Waals surface area contributed by atoms with Gasteiger partial charge in [-0.2, -0.15) is 0 Å². The van der Waals surface area contributed by atoms with Crippen molar-refractivity contribution >= 4 is 27.8 Å². The molecular weight excluding hydrogens is 344 g/mol. The normalized spacial score (nSPS) is 11.0. The SMILES string of the molecule is Cc1cc2cc(CNC(=O)c3cc4ccccc4oc3=O)ccc2[nH]c1=O. The minimum Gasteiger partial charge on any atom is -0.422 e. The predicted molar refractivity (Wildman–Crippen MR) is 103 cm³/mol. The van der Waals surface area contributed by atoms with Gasteiger partial charge in [-0.3, -0.25) is 9.59 Å². The van der Waals surface area contributed by atoms with Crippen molar-refractivity contribution in [1.29, 1.82) is 0 Å². The molecule has 0 saturated carbocycles. The number of nitrogens with one attached hydrogen (secondary N) is 2. The predicted octanol–water partition coefficient (Wildman–Crippen LogP) is 2.87. The summed E-state index contributed by atoms with van der Waals surface area (Å²) in [5, 5.41) is 4.31. The van der Waals surface area contributed by atoms with Crippen LogP contribution in [0.1, 0.15) is 21.5 Å². The van der Waals surface area contributed by atoms with Crippen LogP contribution in [0.4, 0.5) is 0 Å². The fraction of sp³-hybridized carbons (Fsp3) is 0.0952. The van der Waals surface area contributed by atoms with Crippen molar-refractivity contribution in [1.82, 2.24) is 10.3 Å². The summed E-state index contributed by atoms with van der Waals surface area (Å²) in [6.45, 7) is 1.99. The number of carbonyl (C=O) groups is 1. The second-order valence-electron chi connectivity index (χ2n) is 6.37. The summed E-state index contributed by atoms with van der Waals surface area (Å²) in [5.41, 5.74) is 1.83. The molecule has 2 N–H and O–H groups in total. The zero-order valence-electron chi connectivity index (χ0n) is 14.5. The summed E-state index contributed by atoms with van der Waals surface area (Å²) in [6, 6.07) is 15.9. The Balaban J connectivity index is 1.58. The van der Waals surface area contributed by atoms with E-state index in [0.717, 1.165) is 16.5 Å². The van der Waals surface area contributed by atoms with Crippen LogP contribution in [-0.4, -0.2) is 10.9 Å². The van der Waals surface area contributed by atoms with Gasteiger partial charge in [0.1, 0.15) is 11.1 Å². The van der Waals surface area contributed by atoms with Crippen molar-refractivity contribution in [2.24, 2.45) is 0 Å². The number of hydrogen-bond acceptors (Lipinski definition) is 4. The molecule has 27 heavy (non-hydrogen) atoms. The van der Waals surface area contributed by atoms with Crippen LogP contribution in [0.3, 0.4) is 0 Å². The molecule has 0 radical (unpaired) electrons. The van der Waals surface area contributed by atoms with E-state index in [1.165, 1.54) is 6.07 Å². The molecule has 0 aliphatic heterocycles. The van der Waals surface area contributed by atoms with Gasteiger partial charge >= 0.3 is 5.63 Å². The number of para-hydroxylation sites is 1. The van der Waals surface area contributed by atoms with E-state index in [-0.39, 0.29) is 17.7 Å². The van der Waals surface area contributed by atoms with Gasteiger partial charge in [0, 0.05) is 23.0 Å². The van der Waals surface area contributed by atoms with Crippen LogP contribution in [0.15, 0.2) is 68.6 Å². The van der Waals surface area contributed by atoms with Gasteiger partial charge in [-0.15, -0.1) is 0 Å². The maximum absolute atomic E-state index is 12.4. The number of aromatic amines is 1. The van der Waals surface area contributed by atoms with Crippen molar-refractivity contribution in [3.63, 3.8) is 0 Å². The highest BCUT2D eigenvalue weighted by Crippen LogP contribution is 2.15. The maximum atomic E-state index is 12.4. The van der Waals surface area contributed by atoms with Crippen LogP contribution in [0.2, 0.25) is 0 Å². The third-order valence-corrected chi connectivity index (χ3v) is 4.43. The summed E-state index contributed by atoms with van der Waals surface area (Å²) in [6.07, 6.45) is 0. The Hall–Kier alpha value is -3.67. The van der Waals surface area contributed by atoms with Gasteiger partial charge in [0.2, 0.25) is 0 Å². The molecule has 6 nitrogen and oxygen atoms in total. The second-order valence-corrected chi connectivity index (χ2v) is 6.37. The zero-order chi connectivity index (χ0) is 19.0. The Morgan fingerprint density at radius 2 is 1.85 bits per heavy atom. The number of amides is 1. The Morgan fingerprint density at radius 1 is 1.04 bits per heavy atom. The first-order chi connectivity index (χ1) is 13.0. The second kappa shape index (κ2) is 6.57. The molecule has 0 saturated heterocycles. The van der Waals surface area contributed by atoms with Gasteiger partial charge in [-0.05, 0) is 48.2 Å². The molecule has 2 aromatic heterocycles. The minimum absolute atomic E-state index is 0.0327. The summed E-state index contributed by atoms with van der Waals surface area (Å²) < 4.78 is 5.20. The molecular formula is C21H16N2O4. The topological polar surface area (TPSA) is 92.2 Å². The quantitative estimate of drug-likeness (QED) is 0.550. The summed E-state index contributed by atoms with van der Waals surface area (Å²) in [4.78, 5) is 39.0. The lowest BCUT2D eigenvalue weighted by atomic mass is 10.1. The van der Waals surface area contributed by atoms with E-state index in [0.29, 0.717) is 16.5 Å². The van der Waals surface area contributed by atoms with Crippen LogP contribution in [-0.2, 0) is 6.54 Å². The lowest BCUT2D eigenvalue weighted by molar-refractivity contribution is 0.0947. The molecule has 4 rings (SSSR count). The van der Waals surface area contributed by atoms with E-state index >= 15 is 0 Å². The number of fused-ring (bicyclic) bond motifs is 2. The van der Waals surface area contributed by atoms with Gasteiger partial charge in [0.05, 0.1) is 0 Å². The molecule has 0 aliphatic rings. The van der Waals surface area contributed by atoms with E-state index in [4.69, 9.17) is 4.42 Å². The first-order valence-electron chi connectivity index (χ1n) is 8.45. The van der Waals surface area contributed by atoms with Gasteiger partial charge in [0.15, 0.2) is 0 Å². The van der Waals surface area contributed by atoms with Gasteiger partial charge in [-0.1, -0.05) is 24.3 Å². The van der Waals surface area contributed by atoms with Crippen LogP contribution < -0.4 is 16.5 Å². The molecule has 0 spiro atoms. The van der Waals surface area contributed by atoms with E-state index in [2.05, 4.69) is 10.3 Å². The number of aromatic nitrogens is 1. The lowest BCUT2D eigenvalue weighted by Crippen LogP contribution is -2.27. The number of benzene rings is 2. The Kier molecular flexibility index (Phi) is 4.08. The average molecular weight is 360 g/mol. The molecule has 0 bridgehead atoms. The number of rotatable bonds is 3. The lowest BCUT2D eigenvalue weighted by Gasteiger charge is -2.07. The maximum Gasteiger partial charge on any atom is 0.349 e. The van der Waals surface area contributed by atoms with Crippen molar-refractivity contribution < 1.29 is 9.21 Å². The first kappa shape index (κ1) is 16.8. The van der Waals surface area contributed by atoms with Gasteiger partial charge in [0.25, 0.3) is 11.5 Å². The molecule has 2 heterocycles. The Labute approximate surface area is 153 Å². The van der Waals surface area contributed by atoms with Gasteiger partial charge < -0.3 is 14.7 Å². The summed E-state index contributed by atoms with van der Waals surface area (Å²) >= 11 is 0. The molecule has 134 valence electrons. The third kappa shape index (κ3) is 3.25. The van der Waals surface area contributed by atoms with Crippen LogP contribution in [0.5, 0.6) is 0 Å². The number of carbonyl (C=O) groups excluding carboxylic acids is 1. The van der Waals surface area contributed by atoms with Crippen LogP contribution >= 0.6 is 0 Å². The Morgan fingerprint density at radius 3 is 2.70 bits per heavy atom. The summed E-state index contributed by atoms with van der Waals surface area (Å²) in [7, 11) is 0. The van der Waals surface area contributed by atoms with Crippen LogP contribution in [0.25, 0.3) is 21.9 Å². The minimum atomic E-state index is -0.669. The standard InChI is InChI=1S/C21H16N2O4/c1-12-8-15-9-13(6-7-17(15)23-19(12)24)11-22-20(25)16-10-14-4-2-3-5-18(14)27-21(16)26/h2-10H,11H2,1H3,(H,22,25)(H,23,24). The van der Waals surface area contributed by atoms with Crippen molar-refractivity contribution in [2.45, 2.75) is 13.5 Å². The van der Waals surface area contributed by atoms with Crippen LogP contribution in [0, 0.1) is 6.92 Å². The molecule has 0 aliphatic carbocycles. The third-order valence-electron chi connectivity index (χ3n) is 4.43. The molecule has 0 fully saturated rings.